The highest BCUT2D eigenvalue weighted by Gasteiger charge is 2.29. The predicted octanol–water partition coefficient (Wildman–Crippen LogP) is 2.59. The van der Waals surface area contributed by atoms with Gasteiger partial charge in [-0.1, -0.05) is 30.0 Å². The van der Waals surface area contributed by atoms with Crippen LogP contribution in [-0.2, 0) is 22.7 Å². The van der Waals surface area contributed by atoms with Crippen LogP contribution in [0, 0.1) is 5.82 Å². The van der Waals surface area contributed by atoms with E-state index in [1.165, 1.54) is 17.8 Å². The van der Waals surface area contributed by atoms with E-state index >= 15 is 0 Å². The van der Waals surface area contributed by atoms with Gasteiger partial charge in [-0.25, -0.2) is 4.39 Å². The molecule has 0 bridgehead atoms. The molecule has 2 aromatic rings. The number of hydrogen-bond donors (Lipinski definition) is 0. The number of hydrogen-bond acceptors (Lipinski definition) is 6. The Labute approximate surface area is 142 Å². The second kappa shape index (κ2) is 7.48. The molecule has 1 saturated heterocycles. The zero-order valence-electron chi connectivity index (χ0n) is 12.9. The van der Waals surface area contributed by atoms with E-state index in [1.807, 2.05) is 0 Å². The van der Waals surface area contributed by atoms with Crippen LogP contribution in [0.4, 0.5) is 4.39 Å². The summed E-state index contributed by atoms with van der Waals surface area (Å²) in [7, 11) is 0. The van der Waals surface area contributed by atoms with E-state index in [9.17, 15) is 9.18 Å². The maximum atomic E-state index is 13.6. The number of esters is 1. The lowest BCUT2D eigenvalue weighted by Crippen LogP contribution is -2.12. The third-order valence-electron chi connectivity index (χ3n) is 3.43. The molecule has 0 amide bonds. The number of aromatic nitrogens is 3. The van der Waals surface area contributed by atoms with E-state index in [1.54, 1.807) is 28.8 Å². The quantitative estimate of drug-likeness (QED) is 0.565. The molecule has 1 fully saturated rings. The summed E-state index contributed by atoms with van der Waals surface area (Å²) in [5, 5.41) is 8.51. The number of allylic oxidation sites excluding steroid dienone is 1. The monoisotopic (exact) mass is 349 g/mol. The lowest BCUT2D eigenvalue weighted by molar-refractivity contribution is -0.137. The lowest BCUT2D eigenvalue weighted by Gasteiger charge is -2.10. The van der Waals surface area contributed by atoms with Crippen LogP contribution < -0.4 is 4.74 Å². The summed E-state index contributed by atoms with van der Waals surface area (Å²) in [6, 6.07) is 6.17. The molecule has 1 aliphatic heterocycles. The molecule has 0 N–H and O–H groups in total. The van der Waals surface area contributed by atoms with Gasteiger partial charge in [-0.2, -0.15) is 0 Å². The van der Waals surface area contributed by atoms with Crippen molar-refractivity contribution >= 4 is 17.7 Å². The summed E-state index contributed by atoms with van der Waals surface area (Å²) in [6.07, 6.45) is 2.35. The second-order valence-corrected chi connectivity index (χ2v) is 6.25. The molecule has 1 aromatic carbocycles. The van der Waals surface area contributed by atoms with Crippen molar-refractivity contribution < 1.29 is 18.7 Å². The molecule has 0 spiro atoms. The number of nitrogens with zero attached hydrogens (tertiary/aromatic N) is 3. The highest BCUT2D eigenvalue weighted by Crippen LogP contribution is 2.29. The van der Waals surface area contributed by atoms with Crippen molar-refractivity contribution in [3.8, 4) is 5.75 Å². The molecular formula is C16H16FN3O3S. The zero-order chi connectivity index (χ0) is 16.9. The molecular weight excluding hydrogens is 333 g/mol. The van der Waals surface area contributed by atoms with E-state index in [0.717, 1.165) is 0 Å². The molecule has 126 valence electrons. The molecule has 0 unspecified atom stereocenters. The first kappa shape index (κ1) is 16.5. The van der Waals surface area contributed by atoms with Crippen molar-refractivity contribution in [3.05, 3.63) is 48.6 Å². The molecule has 1 atom stereocenters. The minimum absolute atomic E-state index is 0.0669. The number of thioether (sulfide) groups is 1. The van der Waals surface area contributed by atoms with Crippen LogP contribution in [-0.4, -0.2) is 32.6 Å². The smallest absolute Gasteiger partial charge is 0.319 e. The highest BCUT2D eigenvalue weighted by molar-refractivity contribution is 8.00. The predicted molar refractivity (Wildman–Crippen MR) is 86.2 cm³/mol. The molecule has 0 radical (unpaired) electrons. The van der Waals surface area contributed by atoms with Crippen molar-refractivity contribution in [3.63, 3.8) is 0 Å². The van der Waals surface area contributed by atoms with Gasteiger partial charge in [-0.3, -0.25) is 9.36 Å². The van der Waals surface area contributed by atoms with Gasteiger partial charge in [-0.15, -0.1) is 16.8 Å². The molecule has 0 saturated carbocycles. The van der Waals surface area contributed by atoms with Crippen LogP contribution in [0.2, 0.25) is 0 Å². The van der Waals surface area contributed by atoms with Crippen molar-refractivity contribution in [2.45, 2.75) is 30.0 Å². The summed E-state index contributed by atoms with van der Waals surface area (Å²) in [6.45, 7) is 4.68. The Morgan fingerprint density at radius 2 is 2.29 bits per heavy atom. The first-order valence-corrected chi connectivity index (χ1v) is 8.30. The molecule has 24 heavy (non-hydrogen) atoms. The summed E-state index contributed by atoms with van der Waals surface area (Å²) in [4.78, 5) is 11.6. The average molecular weight is 349 g/mol. The Bertz CT molecular complexity index is 750. The standard InChI is InChI=1S/C16H16FN3O3S/c1-2-8-20-14(10-23-12-6-4-3-5-11(12)17)18-19-16(20)24-13-7-9-22-15(13)21/h2-6,13H,1,7-10H2/t13-/m1/s1. The fourth-order valence-electron chi connectivity index (χ4n) is 2.24. The van der Waals surface area contributed by atoms with E-state index in [2.05, 4.69) is 16.8 Å². The molecule has 1 aliphatic rings. The van der Waals surface area contributed by atoms with E-state index in [4.69, 9.17) is 9.47 Å². The molecule has 2 heterocycles. The van der Waals surface area contributed by atoms with Crippen molar-refractivity contribution in [1.82, 2.24) is 14.8 Å². The van der Waals surface area contributed by atoms with Crippen LogP contribution in [0.15, 0.2) is 42.1 Å². The fourth-order valence-corrected chi connectivity index (χ4v) is 3.27. The Balaban J connectivity index is 1.74. The molecule has 3 rings (SSSR count). The van der Waals surface area contributed by atoms with Gasteiger partial charge >= 0.3 is 5.97 Å². The maximum absolute atomic E-state index is 13.6. The number of cyclic esters (lactones) is 1. The van der Waals surface area contributed by atoms with E-state index < -0.39 is 5.82 Å². The largest absolute Gasteiger partial charge is 0.483 e. The number of rotatable bonds is 7. The summed E-state index contributed by atoms with van der Waals surface area (Å²) in [5.74, 6) is 0.0131. The highest BCUT2D eigenvalue weighted by atomic mass is 32.2. The van der Waals surface area contributed by atoms with Gasteiger partial charge < -0.3 is 9.47 Å². The Morgan fingerprint density at radius 1 is 1.46 bits per heavy atom. The fraction of sp³-hybridized carbons (Fsp3) is 0.312. The number of carbonyl (C=O) groups is 1. The van der Waals surface area contributed by atoms with Gasteiger partial charge in [0.25, 0.3) is 0 Å². The third kappa shape index (κ3) is 3.59. The Hall–Kier alpha value is -2.35. The van der Waals surface area contributed by atoms with Gasteiger partial charge in [0.05, 0.1) is 6.61 Å². The summed E-state index contributed by atoms with van der Waals surface area (Å²) in [5.41, 5.74) is 0. The third-order valence-corrected chi connectivity index (χ3v) is 4.66. The number of ether oxygens (including phenoxy) is 2. The minimum atomic E-state index is -0.435. The topological polar surface area (TPSA) is 66.2 Å². The van der Waals surface area contributed by atoms with Gasteiger partial charge in [-0.05, 0) is 12.1 Å². The van der Waals surface area contributed by atoms with Crippen LogP contribution in [0.1, 0.15) is 12.2 Å². The first-order valence-electron chi connectivity index (χ1n) is 7.42. The summed E-state index contributed by atoms with van der Waals surface area (Å²) >= 11 is 1.31. The van der Waals surface area contributed by atoms with Gasteiger partial charge in [0.15, 0.2) is 22.5 Å². The minimum Gasteiger partial charge on any atom is -0.483 e. The zero-order valence-corrected chi connectivity index (χ0v) is 13.7. The molecule has 0 aliphatic carbocycles. The van der Waals surface area contributed by atoms with Gasteiger partial charge in [0.2, 0.25) is 0 Å². The Kier molecular flexibility index (Phi) is 5.14. The van der Waals surface area contributed by atoms with Crippen LogP contribution in [0.25, 0.3) is 0 Å². The first-order chi connectivity index (χ1) is 11.7. The Morgan fingerprint density at radius 3 is 3.00 bits per heavy atom. The van der Waals surface area contributed by atoms with Crippen molar-refractivity contribution in [1.29, 1.82) is 0 Å². The molecule has 6 nitrogen and oxygen atoms in total. The van der Waals surface area contributed by atoms with Gasteiger partial charge in [0, 0.05) is 13.0 Å². The van der Waals surface area contributed by atoms with Gasteiger partial charge in [0.1, 0.15) is 11.9 Å². The van der Waals surface area contributed by atoms with Crippen molar-refractivity contribution in [2.24, 2.45) is 0 Å². The number of para-hydroxylation sites is 1. The van der Waals surface area contributed by atoms with E-state index in [0.29, 0.717) is 30.6 Å². The normalized spacial score (nSPS) is 16.9. The average Bonchev–Trinajstić information content (AvgIpc) is 3.15. The number of halogens is 1. The number of benzene rings is 1. The second-order valence-electron chi connectivity index (χ2n) is 5.08. The molecule has 1 aromatic heterocycles. The maximum Gasteiger partial charge on any atom is 0.319 e. The summed E-state index contributed by atoms with van der Waals surface area (Å²) < 4.78 is 25.9. The molecule has 8 heteroatoms. The van der Waals surface area contributed by atoms with E-state index in [-0.39, 0.29) is 23.6 Å². The SMILES string of the molecule is C=CCn1c(COc2ccccc2F)nnc1S[C@@H]1CCOC1=O. The van der Waals surface area contributed by atoms with Crippen LogP contribution in [0.5, 0.6) is 5.75 Å². The lowest BCUT2D eigenvalue weighted by atomic mass is 10.3. The van der Waals surface area contributed by atoms with Crippen LogP contribution in [0.3, 0.4) is 0 Å². The van der Waals surface area contributed by atoms with Crippen molar-refractivity contribution in [2.75, 3.05) is 6.61 Å². The van der Waals surface area contributed by atoms with Crippen LogP contribution >= 0.6 is 11.8 Å². The number of carbonyl (C=O) groups excluding carboxylic acids is 1.